The standard InChI is InChI=1S/C22H17N5O2S/c1-15-21(16-8-10-17(24-2)11-9-16)22(28)27(26-15)20-13-12-19(14-25-20)30(23,29)18-6-4-3-5-7-18/h3-14,23,26H,1H3/t30-/m1/s1. The molecule has 2 N–H and O–H groups in total. The summed E-state index contributed by atoms with van der Waals surface area (Å²) in [5.74, 6) is 0.333. The topological polar surface area (TPSA) is 96.0 Å². The Morgan fingerprint density at radius 1 is 1.03 bits per heavy atom. The van der Waals surface area contributed by atoms with Gasteiger partial charge in [-0.3, -0.25) is 9.89 Å². The molecule has 0 saturated heterocycles. The second-order valence-electron chi connectivity index (χ2n) is 6.63. The molecule has 0 aliphatic heterocycles. The predicted molar refractivity (Wildman–Crippen MR) is 114 cm³/mol. The lowest BCUT2D eigenvalue weighted by molar-refractivity contribution is 0.674. The third-order valence-electron chi connectivity index (χ3n) is 4.71. The Balaban J connectivity index is 1.72. The van der Waals surface area contributed by atoms with Crippen LogP contribution in [0.2, 0.25) is 0 Å². The van der Waals surface area contributed by atoms with Crippen molar-refractivity contribution in [3.8, 4) is 16.9 Å². The van der Waals surface area contributed by atoms with Crippen molar-refractivity contribution in [3.63, 3.8) is 0 Å². The molecule has 0 aliphatic rings. The number of aromatic nitrogens is 3. The van der Waals surface area contributed by atoms with Gasteiger partial charge in [-0.1, -0.05) is 42.5 Å². The van der Waals surface area contributed by atoms with Crippen molar-refractivity contribution < 1.29 is 4.21 Å². The quantitative estimate of drug-likeness (QED) is 0.479. The number of aryl methyl sites for hydroxylation is 1. The summed E-state index contributed by atoms with van der Waals surface area (Å²) < 4.78 is 22.5. The van der Waals surface area contributed by atoms with E-state index in [4.69, 9.17) is 11.4 Å². The van der Waals surface area contributed by atoms with Gasteiger partial charge in [0.1, 0.15) is 9.73 Å². The van der Waals surface area contributed by atoms with Gasteiger partial charge >= 0.3 is 0 Å². The van der Waals surface area contributed by atoms with Crippen molar-refractivity contribution in [3.05, 3.63) is 100 Å². The van der Waals surface area contributed by atoms with Gasteiger partial charge < -0.3 is 0 Å². The van der Waals surface area contributed by atoms with Crippen LogP contribution < -0.4 is 5.56 Å². The molecule has 2 heterocycles. The van der Waals surface area contributed by atoms with Crippen LogP contribution in [0, 0.1) is 18.3 Å². The lowest BCUT2D eigenvalue weighted by atomic mass is 10.1. The molecule has 7 nitrogen and oxygen atoms in total. The zero-order valence-electron chi connectivity index (χ0n) is 16.0. The molecule has 2 aromatic carbocycles. The molecule has 2 aromatic heterocycles. The zero-order valence-corrected chi connectivity index (χ0v) is 16.8. The van der Waals surface area contributed by atoms with Crippen molar-refractivity contribution in [2.75, 3.05) is 0 Å². The molecule has 30 heavy (non-hydrogen) atoms. The van der Waals surface area contributed by atoms with Gasteiger partial charge in [0, 0.05) is 11.9 Å². The monoisotopic (exact) mass is 415 g/mol. The molecule has 0 bridgehead atoms. The molecule has 0 fully saturated rings. The smallest absolute Gasteiger partial charge is 0.280 e. The lowest BCUT2D eigenvalue weighted by Crippen LogP contribution is -2.17. The fourth-order valence-corrected chi connectivity index (χ4v) is 4.45. The minimum Gasteiger partial charge on any atom is -0.293 e. The van der Waals surface area contributed by atoms with Crippen LogP contribution in [-0.4, -0.2) is 19.0 Å². The Kier molecular flexibility index (Phi) is 4.82. The van der Waals surface area contributed by atoms with E-state index in [-0.39, 0.29) is 10.5 Å². The van der Waals surface area contributed by atoms with Crippen molar-refractivity contribution >= 4 is 15.4 Å². The summed E-state index contributed by atoms with van der Waals surface area (Å²) in [5, 5.41) is 3.01. The maximum absolute atomic E-state index is 13.0. The second kappa shape index (κ2) is 7.46. The number of benzene rings is 2. The van der Waals surface area contributed by atoms with Crippen LogP contribution in [0.1, 0.15) is 5.69 Å². The number of hydrogen-bond acceptors (Lipinski definition) is 4. The third kappa shape index (κ3) is 3.32. The van der Waals surface area contributed by atoms with Crippen LogP contribution in [0.15, 0.2) is 87.5 Å². The van der Waals surface area contributed by atoms with Gasteiger partial charge in [-0.2, -0.15) is 0 Å². The van der Waals surface area contributed by atoms with Crippen molar-refractivity contribution in [1.82, 2.24) is 14.8 Å². The number of rotatable bonds is 4. The zero-order chi connectivity index (χ0) is 21.3. The van der Waals surface area contributed by atoms with E-state index in [1.807, 2.05) is 0 Å². The Hall–Kier alpha value is -3.96. The highest BCUT2D eigenvalue weighted by Crippen LogP contribution is 2.24. The Morgan fingerprint density at radius 3 is 2.33 bits per heavy atom. The Bertz CT molecular complexity index is 1410. The van der Waals surface area contributed by atoms with Crippen molar-refractivity contribution in [1.29, 1.82) is 4.78 Å². The van der Waals surface area contributed by atoms with Gasteiger partial charge in [0.25, 0.3) is 5.56 Å². The molecule has 0 saturated carbocycles. The summed E-state index contributed by atoms with van der Waals surface area (Å²) in [6.45, 7) is 8.83. The van der Waals surface area contributed by atoms with E-state index in [2.05, 4.69) is 14.9 Å². The SMILES string of the molecule is [C-]#[N+]c1ccc(-c2c(C)[nH]n(-c3ccc([S@](=N)(=O)c4ccccc4)cn3)c2=O)cc1. The molecular formula is C22H17N5O2S. The summed E-state index contributed by atoms with van der Waals surface area (Å²) in [7, 11) is -3.18. The minimum absolute atomic E-state index is 0.267. The van der Waals surface area contributed by atoms with Crippen LogP contribution in [0.4, 0.5) is 5.69 Å². The first-order valence-corrected chi connectivity index (χ1v) is 10.6. The van der Waals surface area contributed by atoms with Crippen molar-refractivity contribution in [2.24, 2.45) is 0 Å². The highest BCUT2D eigenvalue weighted by atomic mass is 32.2. The summed E-state index contributed by atoms with van der Waals surface area (Å²) in [5.41, 5.74) is 2.08. The molecule has 0 unspecified atom stereocenters. The molecule has 0 radical (unpaired) electrons. The molecule has 8 heteroatoms. The summed E-state index contributed by atoms with van der Waals surface area (Å²) in [6, 6.07) is 18.5. The largest absolute Gasteiger partial charge is 0.293 e. The normalized spacial score (nSPS) is 12.8. The van der Waals surface area contributed by atoms with Gasteiger partial charge in [-0.15, -0.1) is 0 Å². The molecule has 0 aliphatic carbocycles. The van der Waals surface area contributed by atoms with Crippen LogP contribution in [0.3, 0.4) is 0 Å². The van der Waals surface area contributed by atoms with Crippen LogP contribution in [-0.2, 0) is 9.73 Å². The maximum atomic E-state index is 13.0. The first-order valence-electron chi connectivity index (χ1n) is 9.01. The summed E-state index contributed by atoms with van der Waals surface area (Å²) in [4.78, 5) is 21.3. The average Bonchev–Trinajstić information content (AvgIpc) is 3.08. The fourth-order valence-electron chi connectivity index (χ4n) is 3.17. The molecule has 0 spiro atoms. The number of aromatic amines is 1. The maximum Gasteiger partial charge on any atom is 0.280 e. The molecule has 4 rings (SSSR count). The van der Waals surface area contributed by atoms with Crippen LogP contribution >= 0.6 is 0 Å². The number of nitrogens with zero attached hydrogens (tertiary/aromatic N) is 3. The van der Waals surface area contributed by atoms with E-state index >= 15 is 0 Å². The molecule has 1 atom stereocenters. The number of pyridine rings is 1. The van der Waals surface area contributed by atoms with Gasteiger partial charge in [0.15, 0.2) is 11.5 Å². The molecule has 4 aromatic rings. The van der Waals surface area contributed by atoms with Gasteiger partial charge in [-0.05, 0) is 36.8 Å². The van der Waals surface area contributed by atoms with E-state index < -0.39 is 9.73 Å². The molecule has 0 amide bonds. The summed E-state index contributed by atoms with van der Waals surface area (Å²) in [6.07, 6.45) is 1.37. The molecule has 148 valence electrons. The number of nitrogens with one attached hydrogen (secondary N) is 2. The van der Waals surface area contributed by atoms with Crippen LogP contribution in [0.5, 0.6) is 0 Å². The van der Waals surface area contributed by atoms with E-state index in [0.717, 1.165) is 0 Å². The predicted octanol–water partition coefficient (Wildman–Crippen LogP) is 4.55. The fraction of sp³-hybridized carbons (Fsp3) is 0.0455. The number of hydrogen-bond donors (Lipinski definition) is 2. The van der Waals surface area contributed by atoms with Gasteiger partial charge in [0.2, 0.25) is 0 Å². The van der Waals surface area contributed by atoms with Crippen molar-refractivity contribution in [2.45, 2.75) is 16.7 Å². The van der Waals surface area contributed by atoms with Crippen LogP contribution in [0.25, 0.3) is 21.8 Å². The lowest BCUT2D eigenvalue weighted by Gasteiger charge is -2.08. The number of H-pyrrole nitrogens is 1. The highest BCUT2D eigenvalue weighted by Gasteiger charge is 2.17. The minimum atomic E-state index is -3.18. The summed E-state index contributed by atoms with van der Waals surface area (Å²) >= 11 is 0. The highest BCUT2D eigenvalue weighted by molar-refractivity contribution is 7.92. The second-order valence-corrected chi connectivity index (χ2v) is 8.69. The first kappa shape index (κ1) is 19.4. The first-order chi connectivity index (χ1) is 14.4. The van der Waals surface area contributed by atoms with E-state index in [0.29, 0.717) is 33.2 Å². The third-order valence-corrected chi connectivity index (χ3v) is 6.55. The van der Waals surface area contributed by atoms with E-state index in [1.165, 1.54) is 10.9 Å². The van der Waals surface area contributed by atoms with Gasteiger partial charge in [-0.25, -0.2) is 23.5 Å². The van der Waals surface area contributed by atoms with E-state index in [9.17, 15) is 9.00 Å². The molecular weight excluding hydrogens is 398 g/mol. The van der Waals surface area contributed by atoms with Gasteiger partial charge in [0.05, 0.1) is 21.9 Å². The average molecular weight is 415 g/mol. The Labute approximate surface area is 173 Å². The van der Waals surface area contributed by atoms with E-state index in [1.54, 1.807) is 73.7 Å². The Morgan fingerprint density at radius 2 is 1.73 bits per heavy atom.